The van der Waals surface area contributed by atoms with Crippen molar-refractivity contribution in [1.29, 1.82) is 0 Å². The standard InChI is InChI=1S/C15H21N2O5P/c1-4-20-15(18)13-10-16-14-9-12(7-8-17(13)14)11-23(19,21-5-2)22-6-3/h7-10H,4-6,11H2,1-3H3. The summed E-state index contributed by atoms with van der Waals surface area (Å²) in [6, 6.07) is 3.52. The summed E-state index contributed by atoms with van der Waals surface area (Å²) in [6.45, 7) is 6.23. The molecule has 0 spiro atoms. The Morgan fingerprint density at radius 2 is 1.91 bits per heavy atom. The molecular weight excluding hydrogens is 319 g/mol. The zero-order valence-corrected chi connectivity index (χ0v) is 14.4. The molecule has 2 heterocycles. The van der Waals surface area contributed by atoms with Gasteiger partial charge in [0.2, 0.25) is 0 Å². The molecule has 0 aromatic carbocycles. The lowest BCUT2D eigenvalue weighted by Crippen LogP contribution is -2.08. The van der Waals surface area contributed by atoms with Crippen LogP contribution in [0.5, 0.6) is 0 Å². The Morgan fingerprint density at radius 3 is 2.52 bits per heavy atom. The molecule has 2 aromatic heterocycles. The number of esters is 1. The Labute approximate surface area is 135 Å². The van der Waals surface area contributed by atoms with Crippen molar-refractivity contribution in [3.8, 4) is 0 Å². The highest BCUT2D eigenvalue weighted by molar-refractivity contribution is 7.53. The third kappa shape index (κ3) is 4.19. The van der Waals surface area contributed by atoms with Crippen molar-refractivity contribution < 1.29 is 23.1 Å². The lowest BCUT2D eigenvalue weighted by Gasteiger charge is -2.17. The van der Waals surface area contributed by atoms with Gasteiger partial charge in [-0.25, -0.2) is 9.78 Å². The SMILES string of the molecule is CCOC(=O)c1cnc2cc(CP(=O)(OCC)OCC)ccn12. The van der Waals surface area contributed by atoms with Gasteiger partial charge in [-0.15, -0.1) is 0 Å². The average molecular weight is 340 g/mol. The number of aromatic nitrogens is 2. The quantitative estimate of drug-likeness (QED) is 0.542. The molecule has 0 radical (unpaired) electrons. The van der Waals surface area contributed by atoms with E-state index in [0.29, 0.717) is 31.2 Å². The minimum absolute atomic E-state index is 0.160. The number of carbonyl (C=O) groups is 1. The summed E-state index contributed by atoms with van der Waals surface area (Å²) >= 11 is 0. The number of nitrogens with zero attached hydrogens (tertiary/aromatic N) is 2. The van der Waals surface area contributed by atoms with Crippen LogP contribution in [0.15, 0.2) is 24.5 Å². The minimum atomic E-state index is -3.17. The van der Waals surface area contributed by atoms with Gasteiger partial charge in [-0.3, -0.25) is 8.97 Å². The normalized spacial score (nSPS) is 11.8. The largest absolute Gasteiger partial charge is 0.461 e. The van der Waals surface area contributed by atoms with Gasteiger partial charge in [-0.1, -0.05) is 0 Å². The van der Waals surface area contributed by atoms with Crippen LogP contribution in [0.3, 0.4) is 0 Å². The third-order valence-electron chi connectivity index (χ3n) is 3.09. The molecule has 0 aliphatic carbocycles. The summed E-state index contributed by atoms with van der Waals surface area (Å²) < 4.78 is 29.8. The second kappa shape index (κ2) is 7.73. The Bertz CT molecular complexity index is 718. The Balaban J connectivity index is 2.27. The molecule has 0 aliphatic heterocycles. The molecule has 0 aliphatic rings. The lowest BCUT2D eigenvalue weighted by atomic mass is 10.3. The van der Waals surface area contributed by atoms with Crippen LogP contribution in [0.4, 0.5) is 0 Å². The number of carbonyl (C=O) groups excluding carboxylic acids is 1. The summed E-state index contributed by atoms with van der Waals surface area (Å²) in [7, 11) is -3.17. The van der Waals surface area contributed by atoms with Gasteiger partial charge in [0, 0.05) is 6.20 Å². The highest BCUT2D eigenvalue weighted by Gasteiger charge is 2.24. The predicted molar refractivity (Wildman–Crippen MR) is 85.7 cm³/mol. The fourth-order valence-electron chi connectivity index (χ4n) is 2.22. The van der Waals surface area contributed by atoms with Crippen molar-refractivity contribution in [2.45, 2.75) is 26.9 Å². The summed E-state index contributed by atoms with van der Waals surface area (Å²) in [6.07, 6.45) is 3.32. The second-order valence-corrected chi connectivity index (χ2v) is 6.79. The smallest absolute Gasteiger partial charge is 0.356 e. The third-order valence-corrected chi connectivity index (χ3v) is 5.15. The van der Waals surface area contributed by atoms with E-state index in [0.717, 1.165) is 5.56 Å². The number of hydrogen-bond donors (Lipinski definition) is 0. The minimum Gasteiger partial charge on any atom is -0.461 e. The molecule has 2 rings (SSSR count). The van der Waals surface area contributed by atoms with Crippen LogP contribution in [-0.4, -0.2) is 35.2 Å². The molecular formula is C15H21N2O5P. The molecule has 8 heteroatoms. The monoisotopic (exact) mass is 340 g/mol. The molecule has 0 fully saturated rings. The number of rotatable bonds is 8. The highest BCUT2D eigenvalue weighted by atomic mass is 31.2. The van der Waals surface area contributed by atoms with Crippen molar-refractivity contribution in [3.63, 3.8) is 0 Å². The molecule has 0 N–H and O–H groups in total. The Kier molecular flexibility index (Phi) is 5.93. The van der Waals surface area contributed by atoms with Crippen LogP contribution in [0.25, 0.3) is 5.65 Å². The molecule has 0 saturated carbocycles. The predicted octanol–water partition coefficient (Wildman–Crippen LogP) is 3.28. The topological polar surface area (TPSA) is 79.1 Å². The number of ether oxygens (including phenoxy) is 1. The number of fused-ring (bicyclic) bond motifs is 1. The van der Waals surface area contributed by atoms with Crippen molar-refractivity contribution in [3.05, 3.63) is 35.8 Å². The van der Waals surface area contributed by atoms with Crippen LogP contribution in [0.2, 0.25) is 0 Å². The van der Waals surface area contributed by atoms with E-state index < -0.39 is 13.6 Å². The molecule has 7 nitrogen and oxygen atoms in total. The number of pyridine rings is 1. The van der Waals surface area contributed by atoms with Crippen LogP contribution in [-0.2, 0) is 24.5 Å². The number of imidazole rings is 1. The van der Waals surface area contributed by atoms with E-state index in [4.69, 9.17) is 13.8 Å². The van der Waals surface area contributed by atoms with E-state index in [-0.39, 0.29) is 6.16 Å². The number of hydrogen-bond acceptors (Lipinski definition) is 6. The van der Waals surface area contributed by atoms with Crippen molar-refractivity contribution >= 4 is 19.2 Å². The first-order chi connectivity index (χ1) is 11.0. The van der Waals surface area contributed by atoms with Gasteiger partial charge in [0.05, 0.1) is 32.2 Å². The fraction of sp³-hybridized carbons (Fsp3) is 0.467. The summed E-state index contributed by atoms with van der Waals surface area (Å²) in [5, 5.41) is 0. The van der Waals surface area contributed by atoms with Gasteiger partial charge in [0.15, 0.2) is 5.69 Å². The molecule has 2 aromatic rings. The summed E-state index contributed by atoms with van der Waals surface area (Å²) in [4.78, 5) is 16.0. The maximum absolute atomic E-state index is 12.6. The maximum atomic E-state index is 12.6. The zero-order chi connectivity index (χ0) is 16.9. The molecule has 0 amide bonds. The molecule has 0 saturated heterocycles. The summed E-state index contributed by atoms with van der Waals surface area (Å²) in [5.41, 5.74) is 1.69. The first-order valence-corrected chi connectivity index (χ1v) is 9.27. The molecule has 0 bridgehead atoms. The molecule has 126 valence electrons. The van der Waals surface area contributed by atoms with Crippen molar-refractivity contribution in [2.75, 3.05) is 19.8 Å². The fourth-order valence-corrected chi connectivity index (χ4v) is 3.91. The van der Waals surface area contributed by atoms with Gasteiger partial charge in [0.25, 0.3) is 0 Å². The van der Waals surface area contributed by atoms with Gasteiger partial charge in [-0.2, -0.15) is 0 Å². The highest BCUT2D eigenvalue weighted by Crippen LogP contribution is 2.51. The van der Waals surface area contributed by atoms with Crippen molar-refractivity contribution in [2.24, 2.45) is 0 Å². The van der Waals surface area contributed by atoms with E-state index in [1.54, 1.807) is 43.5 Å². The van der Waals surface area contributed by atoms with Crippen LogP contribution < -0.4 is 0 Å². The van der Waals surface area contributed by atoms with E-state index in [1.165, 1.54) is 6.20 Å². The average Bonchev–Trinajstić information content (AvgIpc) is 2.91. The first-order valence-electron chi connectivity index (χ1n) is 7.54. The van der Waals surface area contributed by atoms with E-state index >= 15 is 0 Å². The zero-order valence-electron chi connectivity index (χ0n) is 13.5. The van der Waals surface area contributed by atoms with Crippen LogP contribution in [0.1, 0.15) is 36.8 Å². The van der Waals surface area contributed by atoms with Crippen LogP contribution in [0, 0.1) is 0 Å². The maximum Gasteiger partial charge on any atom is 0.356 e. The van der Waals surface area contributed by atoms with E-state index in [2.05, 4.69) is 4.98 Å². The molecule has 0 unspecified atom stereocenters. The Morgan fingerprint density at radius 1 is 1.22 bits per heavy atom. The lowest BCUT2D eigenvalue weighted by molar-refractivity contribution is 0.0518. The van der Waals surface area contributed by atoms with Gasteiger partial charge < -0.3 is 13.8 Å². The van der Waals surface area contributed by atoms with Crippen LogP contribution >= 0.6 is 7.60 Å². The van der Waals surface area contributed by atoms with Gasteiger partial charge in [-0.05, 0) is 38.5 Å². The van der Waals surface area contributed by atoms with E-state index in [9.17, 15) is 9.36 Å². The first kappa shape index (κ1) is 17.7. The van der Waals surface area contributed by atoms with Gasteiger partial charge in [0.1, 0.15) is 5.65 Å². The van der Waals surface area contributed by atoms with Gasteiger partial charge >= 0.3 is 13.6 Å². The van der Waals surface area contributed by atoms with Crippen molar-refractivity contribution in [1.82, 2.24) is 9.38 Å². The second-order valence-electron chi connectivity index (χ2n) is 4.73. The Hall–Kier alpha value is -1.69. The summed E-state index contributed by atoms with van der Waals surface area (Å²) in [5.74, 6) is -0.429. The van der Waals surface area contributed by atoms with E-state index in [1.807, 2.05) is 0 Å². The molecule has 0 atom stereocenters. The molecule has 23 heavy (non-hydrogen) atoms.